The first-order valence-electron chi connectivity index (χ1n) is 23.2. The molecule has 0 amide bonds. The molecule has 0 unspecified atom stereocenters. The van der Waals surface area contributed by atoms with Gasteiger partial charge in [-0.05, 0) is 145 Å². The van der Waals surface area contributed by atoms with Crippen molar-refractivity contribution in [1.29, 1.82) is 0 Å². The van der Waals surface area contributed by atoms with E-state index < -0.39 is 0 Å². The Morgan fingerprint density at radius 3 is 1.71 bits per heavy atom. The van der Waals surface area contributed by atoms with Crippen LogP contribution in [0.25, 0.3) is 87.3 Å². The van der Waals surface area contributed by atoms with Gasteiger partial charge >= 0.3 is 0 Å². The third kappa shape index (κ3) is 6.01. The highest BCUT2D eigenvalue weighted by Crippen LogP contribution is 2.52. The zero-order valence-electron chi connectivity index (χ0n) is 36.8. The summed E-state index contributed by atoms with van der Waals surface area (Å²) >= 11 is 0. The normalized spacial score (nSPS) is 11.9. The van der Waals surface area contributed by atoms with E-state index in [0.29, 0.717) is 0 Å². The number of furan rings is 1. The molecule has 0 atom stereocenters. The highest BCUT2D eigenvalue weighted by Gasteiger charge is 2.26. The van der Waals surface area contributed by atoms with E-state index in [0.717, 1.165) is 84.1 Å². The van der Waals surface area contributed by atoms with Crippen molar-refractivity contribution in [3.63, 3.8) is 0 Å². The largest absolute Gasteiger partial charge is 0.456 e. The Bertz CT molecular complexity index is 4120. The van der Waals surface area contributed by atoms with Crippen LogP contribution in [-0.4, -0.2) is 0 Å². The van der Waals surface area contributed by atoms with Gasteiger partial charge in [0, 0.05) is 56.2 Å². The van der Waals surface area contributed by atoms with E-state index >= 15 is 0 Å². The number of anilines is 6. The van der Waals surface area contributed by atoms with Crippen molar-refractivity contribution in [3.8, 4) is 33.8 Å². The SMILES string of the molecule is c1ccc(N(c2ccc3c(c2)Oc2cccc4c2c-3cc2c3ccccc3c(-c3ccc(N(c5ccccc5)c5cccc6c5oc5ccccc56)cc3)cc42)c2ccc3ccccc3c2)cc1. The van der Waals surface area contributed by atoms with Gasteiger partial charge in [0.05, 0.1) is 5.69 Å². The molecule has 318 valence electrons. The average Bonchev–Trinajstić information content (AvgIpc) is 3.79. The number of fused-ring (bicyclic) bond motifs is 10. The summed E-state index contributed by atoms with van der Waals surface area (Å²) in [7, 11) is 0. The highest BCUT2D eigenvalue weighted by molar-refractivity contribution is 6.25. The lowest BCUT2D eigenvalue weighted by atomic mass is 9.86. The monoisotopic (exact) mass is 868 g/mol. The summed E-state index contributed by atoms with van der Waals surface area (Å²) in [6, 6.07) is 86.8. The van der Waals surface area contributed by atoms with Gasteiger partial charge in [-0.2, -0.15) is 0 Å². The summed E-state index contributed by atoms with van der Waals surface area (Å²) in [5.74, 6) is 1.70. The number of rotatable bonds is 7. The Balaban J connectivity index is 0.897. The Kier molecular flexibility index (Phi) is 8.55. The first kappa shape index (κ1) is 38.2. The molecule has 13 aromatic rings. The molecule has 12 aromatic carbocycles. The van der Waals surface area contributed by atoms with Crippen LogP contribution in [-0.2, 0) is 0 Å². The molecule has 2 heterocycles. The highest BCUT2D eigenvalue weighted by atomic mass is 16.5. The minimum absolute atomic E-state index is 0.839. The number of nitrogens with zero attached hydrogens (tertiary/aromatic N) is 2. The van der Waals surface area contributed by atoms with Crippen LogP contribution in [0.2, 0.25) is 0 Å². The van der Waals surface area contributed by atoms with E-state index in [-0.39, 0.29) is 0 Å². The van der Waals surface area contributed by atoms with Crippen molar-refractivity contribution in [2.75, 3.05) is 9.80 Å². The van der Waals surface area contributed by atoms with Gasteiger partial charge in [-0.25, -0.2) is 0 Å². The molecule has 0 saturated heterocycles. The van der Waals surface area contributed by atoms with E-state index in [1.165, 1.54) is 48.8 Å². The van der Waals surface area contributed by atoms with Crippen molar-refractivity contribution in [2.24, 2.45) is 0 Å². The Morgan fingerprint density at radius 2 is 0.882 bits per heavy atom. The standard InChI is InChI=1S/C64H40N2O2/c1-3-17-44(18-4-1)65(47-34-29-41-15-7-8-16-43(41)37-47)48-35-36-52-58-40-56-50-22-10-9-21-49(50)55(39-57(56)53-24-14-28-61(63(53)58)67-62(52)38-48)42-30-32-46(33-31-42)66(45-19-5-2-6-20-45)59-26-13-25-54-51-23-11-12-27-60(51)68-64(54)59/h1-40H. The fourth-order valence-electron chi connectivity index (χ4n) is 10.7. The molecule has 1 aromatic heterocycles. The fourth-order valence-corrected chi connectivity index (χ4v) is 10.7. The summed E-state index contributed by atoms with van der Waals surface area (Å²) in [5.41, 5.74) is 12.6. The van der Waals surface area contributed by atoms with Gasteiger partial charge in [0.2, 0.25) is 0 Å². The van der Waals surface area contributed by atoms with Crippen molar-refractivity contribution in [3.05, 3.63) is 243 Å². The van der Waals surface area contributed by atoms with Gasteiger partial charge in [-0.3, -0.25) is 0 Å². The second kappa shape index (κ2) is 15.2. The van der Waals surface area contributed by atoms with E-state index in [1.807, 2.05) is 12.1 Å². The molecule has 0 fully saturated rings. The number of para-hydroxylation sites is 4. The van der Waals surface area contributed by atoms with Crippen LogP contribution >= 0.6 is 0 Å². The summed E-state index contributed by atoms with van der Waals surface area (Å²) in [5, 5.41) is 11.8. The number of benzene rings is 12. The predicted molar refractivity (Wildman–Crippen MR) is 284 cm³/mol. The maximum Gasteiger partial charge on any atom is 0.159 e. The summed E-state index contributed by atoms with van der Waals surface area (Å²) in [6.07, 6.45) is 0. The molecule has 4 nitrogen and oxygen atoms in total. The lowest BCUT2D eigenvalue weighted by Crippen LogP contribution is -2.10. The minimum atomic E-state index is 0.839. The maximum atomic E-state index is 6.95. The molecule has 0 N–H and O–H groups in total. The van der Waals surface area contributed by atoms with Crippen LogP contribution in [0, 0.1) is 0 Å². The second-order valence-electron chi connectivity index (χ2n) is 17.6. The molecular formula is C64H40N2O2. The second-order valence-corrected chi connectivity index (χ2v) is 17.6. The first-order chi connectivity index (χ1) is 33.7. The fraction of sp³-hybridized carbons (Fsp3) is 0. The zero-order chi connectivity index (χ0) is 44.7. The molecular weight excluding hydrogens is 829 g/mol. The minimum Gasteiger partial charge on any atom is -0.456 e. The van der Waals surface area contributed by atoms with Crippen molar-refractivity contribution >= 4 is 99.2 Å². The average molecular weight is 869 g/mol. The van der Waals surface area contributed by atoms with Crippen LogP contribution in [0.5, 0.6) is 11.5 Å². The van der Waals surface area contributed by atoms with Gasteiger partial charge in [-0.1, -0.05) is 146 Å². The van der Waals surface area contributed by atoms with E-state index in [9.17, 15) is 0 Å². The van der Waals surface area contributed by atoms with E-state index in [4.69, 9.17) is 9.15 Å². The van der Waals surface area contributed by atoms with Gasteiger partial charge in [-0.15, -0.1) is 0 Å². The van der Waals surface area contributed by atoms with Crippen LogP contribution in [0.1, 0.15) is 0 Å². The number of hydrogen-bond acceptors (Lipinski definition) is 4. The molecule has 0 spiro atoms. The molecule has 68 heavy (non-hydrogen) atoms. The van der Waals surface area contributed by atoms with Crippen LogP contribution in [0.15, 0.2) is 247 Å². The summed E-state index contributed by atoms with van der Waals surface area (Å²) < 4.78 is 13.5. The van der Waals surface area contributed by atoms with Gasteiger partial charge < -0.3 is 19.0 Å². The molecule has 0 radical (unpaired) electrons. The molecule has 14 rings (SSSR count). The van der Waals surface area contributed by atoms with Crippen molar-refractivity contribution in [2.45, 2.75) is 0 Å². The lowest BCUT2D eigenvalue weighted by molar-refractivity contribution is 0.487. The maximum absolute atomic E-state index is 6.95. The lowest BCUT2D eigenvalue weighted by Gasteiger charge is -2.28. The predicted octanol–water partition coefficient (Wildman–Crippen LogP) is 18.6. The quantitative estimate of drug-likeness (QED) is 0.149. The molecule has 1 aliphatic rings. The third-order valence-electron chi connectivity index (χ3n) is 13.8. The molecule has 0 aliphatic carbocycles. The molecule has 0 bridgehead atoms. The van der Waals surface area contributed by atoms with Crippen LogP contribution in [0.3, 0.4) is 0 Å². The Morgan fingerprint density at radius 1 is 0.294 bits per heavy atom. The molecule has 0 saturated carbocycles. The topological polar surface area (TPSA) is 28.9 Å². The molecule has 4 heteroatoms. The van der Waals surface area contributed by atoms with Gasteiger partial charge in [0.15, 0.2) is 5.58 Å². The first-order valence-corrected chi connectivity index (χ1v) is 23.2. The summed E-state index contributed by atoms with van der Waals surface area (Å²) in [4.78, 5) is 4.61. The Labute approximate surface area is 392 Å². The third-order valence-corrected chi connectivity index (χ3v) is 13.8. The van der Waals surface area contributed by atoms with E-state index in [2.05, 4.69) is 240 Å². The van der Waals surface area contributed by atoms with Crippen LogP contribution in [0.4, 0.5) is 34.1 Å². The smallest absolute Gasteiger partial charge is 0.159 e. The van der Waals surface area contributed by atoms with Crippen molar-refractivity contribution in [1.82, 2.24) is 0 Å². The van der Waals surface area contributed by atoms with Crippen molar-refractivity contribution < 1.29 is 9.15 Å². The number of hydrogen-bond donors (Lipinski definition) is 0. The zero-order valence-corrected chi connectivity index (χ0v) is 36.8. The summed E-state index contributed by atoms with van der Waals surface area (Å²) in [6.45, 7) is 0. The van der Waals surface area contributed by atoms with Gasteiger partial charge in [0.25, 0.3) is 0 Å². The van der Waals surface area contributed by atoms with E-state index in [1.54, 1.807) is 0 Å². The Hall–Kier alpha value is -9.12. The number of ether oxygens (including phenoxy) is 1. The van der Waals surface area contributed by atoms with Gasteiger partial charge in [0.1, 0.15) is 17.1 Å². The molecule has 1 aliphatic heterocycles. The van der Waals surface area contributed by atoms with Crippen LogP contribution < -0.4 is 14.5 Å².